The number of carbonyl (C=O) groups is 1. The van der Waals surface area contributed by atoms with Crippen LogP contribution in [-0.4, -0.2) is 42.5 Å². The lowest BCUT2D eigenvalue weighted by Crippen LogP contribution is -2.52. The first-order valence-corrected chi connectivity index (χ1v) is 6.01. The summed E-state index contributed by atoms with van der Waals surface area (Å²) in [5.41, 5.74) is -0.300. The molecule has 1 rings (SSSR count). The lowest BCUT2D eigenvalue weighted by Gasteiger charge is -2.36. The summed E-state index contributed by atoms with van der Waals surface area (Å²) in [4.78, 5) is 14.4. The highest BCUT2D eigenvalue weighted by molar-refractivity contribution is 5.89. The van der Waals surface area contributed by atoms with E-state index in [1.54, 1.807) is 0 Å². The molecule has 3 nitrogen and oxygen atoms in total. The Morgan fingerprint density at radius 3 is 2.40 bits per heavy atom. The molecule has 1 aliphatic rings. The largest absolute Gasteiger partial charge is 0.374 e. The molecule has 0 amide bonds. The molecule has 0 aromatic carbocycles. The van der Waals surface area contributed by atoms with Crippen LogP contribution in [0.5, 0.6) is 0 Å². The van der Waals surface area contributed by atoms with Crippen molar-refractivity contribution in [1.29, 1.82) is 0 Å². The molecule has 3 heteroatoms. The molecule has 0 aromatic rings. The van der Waals surface area contributed by atoms with Crippen LogP contribution in [-0.2, 0) is 9.53 Å². The minimum atomic E-state index is -0.300. The first kappa shape index (κ1) is 12.7. The van der Waals surface area contributed by atoms with E-state index in [4.69, 9.17) is 4.74 Å². The van der Waals surface area contributed by atoms with Gasteiger partial charge in [-0.3, -0.25) is 9.69 Å². The lowest BCUT2D eigenvalue weighted by atomic mass is 9.91. The minimum absolute atomic E-state index is 0.230. The molecular formula is C12H23NO2. The average Bonchev–Trinajstić information content (AvgIpc) is 2.78. The summed E-state index contributed by atoms with van der Waals surface area (Å²) in [7, 11) is 0. The van der Waals surface area contributed by atoms with E-state index in [9.17, 15) is 4.79 Å². The summed E-state index contributed by atoms with van der Waals surface area (Å²) in [6, 6.07) is 0. The lowest BCUT2D eigenvalue weighted by molar-refractivity contribution is -0.134. The van der Waals surface area contributed by atoms with Gasteiger partial charge < -0.3 is 4.74 Å². The Labute approximate surface area is 92.8 Å². The molecular weight excluding hydrogens is 190 g/mol. The Hall–Kier alpha value is -0.410. The third-order valence-corrected chi connectivity index (χ3v) is 3.53. The van der Waals surface area contributed by atoms with Crippen LogP contribution in [0.25, 0.3) is 0 Å². The molecule has 15 heavy (non-hydrogen) atoms. The van der Waals surface area contributed by atoms with Gasteiger partial charge in [0.05, 0.1) is 5.54 Å². The first-order chi connectivity index (χ1) is 7.15. The smallest absolute Gasteiger partial charge is 0.178 e. The number of rotatable bonds is 6. The molecule has 1 atom stereocenters. The number of ether oxygens (including phenoxy) is 1. The molecule has 0 radical (unpaired) electrons. The number of nitrogens with zero attached hydrogens (tertiary/aromatic N) is 1. The minimum Gasteiger partial charge on any atom is -0.374 e. The molecule has 1 heterocycles. The molecule has 0 spiro atoms. The van der Waals surface area contributed by atoms with E-state index in [1.165, 1.54) is 12.8 Å². The zero-order chi connectivity index (χ0) is 11.3. The summed E-state index contributed by atoms with van der Waals surface area (Å²) in [6.45, 7) is 9.06. The third kappa shape index (κ3) is 2.79. The SMILES string of the molecule is CCOCC(=O)C(C)(CC)N1CCCC1. The van der Waals surface area contributed by atoms with E-state index in [0.717, 1.165) is 19.5 Å². The number of hydrogen-bond acceptors (Lipinski definition) is 3. The maximum Gasteiger partial charge on any atom is 0.178 e. The van der Waals surface area contributed by atoms with E-state index in [-0.39, 0.29) is 17.9 Å². The predicted molar refractivity (Wildman–Crippen MR) is 61.0 cm³/mol. The van der Waals surface area contributed by atoms with Crippen LogP contribution in [0, 0.1) is 0 Å². The summed E-state index contributed by atoms with van der Waals surface area (Å²) in [6.07, 6.45) is 3.31. The summed E-state index contributed by atoms with van der Waals surface area (Å²) in [5.74, 6) is 0.230. The standard InChI is InChI=1S/C12H23NO2/c1-4-12(3,11(14)10-15-5-2)13-8-6-7-9-13/h4-10H2,1-3H3. The fourth-order valence-corrected chi connectivity index (χ4v) is 2.16. The van der Waals surface area contributed by atoms with Gasteiger partial charge in [0.2, 0.25) is 0 Å². The Kier molecular flexibility index (Phi) is 4.74. The average molecular weight is 213 g/mol. The van der Waals surface area contributed by atoms with Gasteiger partial charge in [0.15, 0.2) is 5.78 Å². The number of carbonyl (C=O) groups excluding carboxylic acids is 1. The molecule has 0 aromatic heterocycles. The van der Waals surface area contributed by atoms with Crippen LogP contribution in [0.15, 0.2) is 0 Å². The van der Waals surface area contributed by atoms with Crippen molar-refractivity contribution < 1.29 is 9.53 Å². The maximum atomic E-state index is 12.1. The van der Waals surface area contributed by atoms with E-state index >= 15 is 0 Å². The second-order valence-corrected chi connectivity index (χ2v) is 4.38. The molecule has 0 N–H and O–H groups in total. The van der Waals surface area contributed by atoms with Gasteiger partial charge in [-0.2, -0.15) is 0 Å². The molecule has 0 saturated carbocycles. The van der Waals surface area contributed by atoms with Crippen molar-refractivity contribution in [3.8, 4) is 0 Å². The molecule has 1 unspecified atom stereocenters. The van der Waals surface area contributed by atoms with Crippen LogP contribution in [0.1, 0.15) is 40.0 Å². The maximum absolute atomic E-state index is 12.1. The second kappa shape index (κ2) is 5.61. The van der Waals surface area contributed by atoms with Gasteiger partial charge >= 0.3 is 0 Å². The van der Waals surface area contributed by atoms with Crippen LogP contribution in [0.3, 0.4) is 0 Å². The Morgan fingerprint density at radius 1 is 1.33 bits per heavy atom. The van der Waals surface area contributed by atoms with Crippen molar-refractivity contribution in [1.82, 2.24) is 4.90 Å². The fraction of sp³-hybridized carbons (Fsp3) is 0.917. The van der Waals surface area contributed by atoms with E-state index in [1.807, 2.05) is 6.92 Å². The van der Waals surface area contributed by atoms with Crippen LogP contribution in [0.4, 0.5) is 0 Å². The number of Topliss-reactive ketones (excluding diaryl/α,β-unsaturated/α-hetero) is 1. The molecule has 1 fully saturated rings. The number of hydrogen-bond donors (Lipinski definition) is 0. The number of likely N-dealkylation sites (tertiary alicyclic amines) is 1. The normalized spacial score (nSPS) is 21.5. The van der Waals surface area contributed by atoms with Gasteiger partial charge in [-0.15, -0.1) is 0 Å². The van der Waals surface area contributed by atoms with Gasteiger partial charge in [-0.1, -0.05) is 6.92 Å². The van der Waals surface area contributed by atoms with E-state index < -0.39 is 0 Å². The van der Waals surface area contributed by atoms with Crippen molar-refractivity contribution in [3.63, 3.8) is 0 Å². The molecule has 1 aliphatic heterocycles. The van der Waals surface area contributed by atoms with Crippen LogP contribution < -0.4 is 0 Å². The second-order valence-electron chi connectivity index (χ2n) is 4.38. The molecule has 88 valence electrons. The summed E-state index contributed by atoms with van der Waals surface area (Å²) >= 11 is 0. The number of ketones is 1. The highest BCUT2D eigenvalue weighted by Gasteiger charge is 2.38. The first-order valence-electron chi connectivity index (χ1n) is 6.01. The van der Waals surface area contributed by atoms with E-state index in [2.05, 4.69) is 18.7 Å². The van der Waals surface area contributed by atoms with Crippen molar-refractivity contribution >= 4 is 5.78 Å². The summed E-state index contributed by atoms with van der Waals surface area (Å²) < 4.78 is 5.23. The predicted octanol–water partition coefficient (Wildman–Crippen LogP) is 1.86. The Bertz CT molecular complexity index is 212. The van der Waals surface area contributed by atoms with Gasteiger partial charge in [-0.25, -0.2) is 0 Å². The van der Waals surface area contributed by atoms with Gasteiger partial charge in [0.25, 0.3) is 0 Å². The zero-order valence-electron chi connectivity index (χ0n) is 10.2. The van der Waals surface area contributed by atoms with Gasteiger partial charge in [-0.05, 0) is 46.2 Å². The van der Waals surface area contributed by atoms with Gasteiger partial charge in [0.1, 0.15) is 6.61 Å². The molecule has 0 aliphatic carbocycles. The summed E-state index contributed by atoms with van der Waals surface area (Å²) in [5, 5.41) is 0. The van der Waals surface area contributed by atoms with Crippen LogP contribution >= 0.6 is 0 Å². The highest BCUT2D eigenvalue weighted by atomic mass is 16.5. The molecule has 0 bridgehead atoms. The monoisotopic (exact) mass is 213 g/mol. The third-order valence-electron chi connectivity index (χ3n) is 3.53. The van der Waals surface area contributed by atoms with Crippen molar-refractivity contribution in [2.45, 2.75) is 45.6 Å². The highest BCUT2D eigenvalue weighted by Crippen LogP contribution is 2.25. The topological polar surface area (TPSA) is 29.5 Å². The van der Waals surface area contributed by atoms with E-state index in [0.29, 0.717) is 6.61 Å². The van der Waals surface area contributed by atoms with Crippen molar-refractivity contribution in [3.05, 3.63) is 0 Å². The Balaban J connectivity index is 2.60. The quantitative estimate of drug-likeness (QED) is 0.674. The molecule has 1 saturated heterocycles. The fourth-order valence-electron chi connectivity index (χ4n) is 2.16. The Morgan fingerprint density at radius 2 is 1.93 bits per heavy atom. The van der Waals surface area contributed by atoms with Crippen molar-refractivity contribution in [2.75, 3.05) is 26.3 Å². The van der Waals surface area contributed by atoms with Gasteiger partial charge in [0, 0.05) is 6.61 Å². The zero-order valence-corrected chi connectivity index (χ0v) is 10.2. The van der Waals surface area contributed by atoms with Crippen molar-refractivity contribution in [2.24, 2.45) is 0 Å². The van der Waals surface area contributed by atoms with Crippen LogP contribution in [0.2, 0.25) is 0 Å².